The molecule has 0 spiro atoms. The van der Waals surface area contributed by atoms with Gasteiger partial charge in [0.1, 0.15) is 12.7 Å². The first-order valence-corrected chi connectivity index (χ1v) is 18.9. The zero-order valence-corrected chi connectivity index (χ0v) is 29.3. The molecule has 0 heterocycles. The zero-order chi connectivity index (χ0) is 34.3. The summed E-state index contributed by atoms with van der Waals surface area (Å²) in [5, 5.41) is 21.4. The van der Waals surface area contributed by atoms with Crippen LogP contribution in [0.2, 0.25) is 0 Å². The molecule has 0 aromatic rings. The first-order chi connectivity index (χ1) is 22.1. The van der Waals surface area contributed by atoms with Gasteiger partial charge in [0.05, 0.1) is 13.2 Å². The van der Waals surface area contributed by atoms with Gasteiger partial charge in [-0.25, -0.2) is 9.36 Å². The molecule has 0 rings (SSSR count). The zero-order valence-electron chi connectivity index (χ0n) is 28.4. The number of nitrogens with one attached hydrogen (secondary N) is 1. The Morgan fingerprint density at radius 2 is 1.20 bits per heavy atom. The van der Waals surface area contributed by atoms with Crippen LogP contribution in [0.1, 0.15) is 142 Å². The molecule has 0 aliphatic carbocycles. The SMILES string of the molecule is CCCCC/C=C\C/C=C\CCCCCCCCCCCC(=O)OCC(O)COP(=O)(O)OCC(NC(=O)CCCCC)C(=O)O. The maximum Gasteiger partial charge on any atom is 0.472 e. The minimum Gasteiger partial charge on any atom is -0.480 e. The Labute approximate surface area is 277 Å². The molecule has 3 unspecified atom stereocenters. The van der Waals surface area contributed by atoms with Gasteiger partial charge < -0.3 is 25.2 Å². The molecular formula is C34H62NO10P. The molecule has 4 N–H and O–H groups in total. The highest BCUT2D eigenvalue weighted by Crippen LogP contribution is 2.43. The fraction of sp³-hybridized carbons (Fsp3) is 0.794. The second-order valence-electron chi connectivity index (χ2n) is 11.7. The monoisotopic (exact) mass is 675 g/mol. The molecule has 46 heavy (non-hydrogen) atoms. The van der Waals surface area contributed by atoms with Gasteiger partial charge in [0, 0.05) is 12.8 Å². The number of phosphoric ester groups is 1. The number of carboxylic acids is 1. The van der Waals surface area contributed by atoms with E-state index in [1.165, 1.54) is 57.8 Å². The van der Waals surface area contributed by atoms with E-state index in [2.05, 4.69) is 45.6 Å². The maximum absolute atomic E-state index is 12.1. The predicted octanol–water partition coefficient (Wildman–Crippen LogP) is 7.55. The molecule has 0 saturated carbocycles. The maximum atomic E-state index is 12.1. The van der Waals surface area contributed by atoms with Crippen LogP contribution in [0.15, 0.2) is 24.3 Å². The highest BCUT2D eigenvalue weighted by Gasteiger charge is 2.28. The second kappa shape index (κ2) is 30.3. The Balaban J connectivity index is 3.81. The Hall–Kier alpha value is -2.04. The van der Waals surface area contributed by atoms with Gasteiger partial charge in [-0.15, -0.1) is 0 Å². The molecule has 11 nitrogen and oxygen atoms in total. The summed E-state index contributed by atoms with van der Waals surface area (Å²) in [6.07, 6.45) is 27.6. The van der Waals surface area contributed by atoms with E-state index in [4.69, 9.17) is 4.74 Å². The van der Waals surface area contributed by atoms with Crippen LogP contribution in [0.5, 0.6) is 0 Å². The largest absolute Gasteiger partial charge is 0.480 e. The molecule has 0 bridgehead atoms. The van der Waals surface area contributed by atoms with Crippen molar-refractivity contribution in [3.05, 3.63) is 24.3 Å². The van der Waals surface area contributed by atoms with Crippen LogP contribution in [0.3, 0.4) is 0 Å². The number of carbonyl (C=O) groups excluding carboxylic acids is 2. The van der Waals surface area contributed by atoms with Gasteiger partial charge in [0.25, 0.3) is 0 Å². The van der Waals surface area contributed by atoms with Crippen molar-refractivity contribution in [2.45, 2.75) is 154 Å². The van der Waals surface area contributed by atoms with E-state index in [-0.39, 0.29) is 12.8 Å². The number of amides is 1. The van der Waals surface area contributed by atoms with Crippen molar-refractivity contribution < 1.29 is 47.8 Å². The minimum atomic E-state index is -4.73. The third-order valence-corrected chi connectivity index (χ3v) is 8.19. The number of esters is 1. The summed E-state index contributed by atoms with van der Waals surface area (Å²) in [7, 11) is -4.73. The number of hydrogen-bond acceptors (Lipinski definition) is 8. The van der Waals surface area contributed by atoms with Crippen molar-refractivity contribution in [3.63, 3.8) is 0 Å². The summed E-state index contributed by atoms with van der Waals surface area (Å²) >= 11 is 0. The highest BCUT2D eigenvalue weighted by molar-refractivity contribution is 7.47. The average Bonchev–Trinajstić information content (AvgIpc) is 3.02. The summed E-state index contributed by atoms with van der Waals surface area (Å²) in [6, 6.07) is -1.54. The Morgan fingerprint density at radius 3 is 1.78 bits per heavy atom. The number of phosphoric acid groups is 1. The van der Waals surface area contributed by atoms with Crippen molar-refractivity contribution in [3.8, 4) is 0 Å². The van der Waals surface area contributed by atoms with Crippen LogP contribution in [0.25, 0.3) is 0 Å². The molecule has 1 amide bonds. The van der Waals surface area contributed by atoms with Gasteiger partial charge in [-0.05, 0) is 44.9 Å². The lowest BCUT2D eigenvalue weighted by Gasteiger charge is -2.18. The molecule has 0 aliphatic rings. The van der Waals surface area contributed by atoms with E-state index in [0.717, 1.165) is 44.9 Å². The van der Waals surface area contributed by atoms with Crippen molar-refractivity contribution in [1.82, 2.24) is 5.32 Å². The van der Waals surface area contributed by atoms with Gasteiger partial charge in [-0.1, -0.05) is 109 Å². The minimum absolute atomic E-state index is 0.132. The van der Waals surface area contributed by atoms with Crippen LogP contribution in [-0.4, -0.2) is 64.9 Å². The number of allylic oxidation sites excluding steroid dienone is 4. The Kier molecular flexibility index (Phi) is 29.0. The highest BCUT2D eigenvalue weighted by atomic mass is 31.2. The first-order valence-electron chi connectivity index (χ1n) is 17.4. The van der Waals surface area contributed by atoms with Crippen LogP contribution in [0.4, 0.5) is 0 Å². The quantitative estimate of drug-likeness (QED) is 0.0242. The van der Waals surface area contributed by atoms with Crippen molar-refractivity contribution >= 4 is 25.7 Å². The summed E-state index contributed by atoms with van der Waals surface area (Å²) in [6.45, 7) is 2.30. The summed E-state index contributed by atoms with van der Waals surface area (Å²) in [5.74, 6) is -2.41. The third-order valence-electron chi connectivity index (χ3n) is 7.24. The number of hydrogen-bond donors (Lipinski definition) is 4. The van der Waals surface area contributed by atoms with E-state index in [1.807, 2.05) is 6.92 Å². The normalized spacial score (nSPS) is 14.3. The standard InChI is InChI=1S/C34H62NO10P/c1-3-5-7-8-9-10-11-12-13-14-15-16-17-18-19-20-21-22-24-26-33(38)43-27-30(36)28-44-46(41,42)45-29-31(34(39)40)35-32(37)25-23-6-4-2/h9-10,12-13,30-31,36H,3-8,11,14-29H2,1-2H3,(H,35,37)(H,39,40)(H,41,42)/b10-9-,13-12-. The van der Waals surface area contributed by atoms with Gasteiger partial charge in [0.2, 0.25) is 5.91 Å². The summed E-state index contributed by atoms with van der Waals surface area (Å²) in [4.78, 5) is 44.9. The molecule has 0 saturated heterocycles. The lowest BCUT2D eigenvalue weighted by molar-refractivity contribution is -0.147. The molecule has 268 valence electrons. The second-order valence-corrected chi connectivity index (χ2v) is 13.2. The molecule has 0 aromatic heterocycles. The van der Waals surface area contributed by atoms with Crippen LogP contribution in [-0.2, 0) is 32.7 Å². The van der Waals surface area contributed by atoms with Gasteiger partial charge >= 0.3 is 19.8 Å². The smallest absolute Gasteiger partial charge is 0.472 e. The van der Waals surface area contributed by atoms with E-state index in [1.54, 1.807) is 0 Å². The number of unbranched alkanes of at least 4 members (excludes halogenated alkanes) is 14. The fourth-order valence-electron chi connectivity index (χ4n) is 4.46. The van der Waals surface area contributed by atoms with Gasteiger partial charge in [-0.3, -0.25) is 18.6 Å². The van der Waals surface area contributed by atoms with Crippen molar-refractivity contribution in [2.75, 3.05) is 19.8 Å². The molecule has 0 aliphatic heterocycles. The lowest BCUT2D eigenvalue weighted by Crippen LogP contribution is -2.43. The molecule has 0 aromatic carbocycles. The number of carbonyl (C=O) groups is 3. The summed E-state index contributed by atoms with van der Waals surface area (Å²) in [5.41, 5.74) is 0. The molecule has 12 heteroatoms. The number of aliphatic carboxylic acids is 1. The van der Waals surface area contributed by atoms with Crippen molar-refractivity contribution in [1.29, 1.82) is 0 Å². The third kappa shape index (κ3) is 29.4. The van der Waals surface area contributed by atoms with Crippen LogP contribution in [0, 0.1) is 0 Å². The van der Waals surface area contributed by atoms with Crippen LogP contribution >= 0.6 is 7.82 Å². The number of rotatable bonds is 32. The number of aliphatic hydroxyl groups excluding tert-OH is 1. The predicted molar refractivity (Wildman–Crippen MR) is 180 cm³/mol. The van der Waals surface area contributed by atoms with E-state index < -0.39 is 57.6 Å². The molecule has 0 fully saturated rings. The van der Waals surface area contributed by atoms with Gasteiger partial charge in [-0.2, -0.15) is 0 Å². The first kappa shape index (κ1) is 44.0. The Bertz CT molecular complexity index is 895. The summed E-state index contributed by atoms with van der Waals surface area (Å²) < 4.78 is 26.4. The van der Waals surface area contributed by atoms with Crippen molar-refractivity contribution in [2.24, 2.45) is 0 Å². The molecular weight excluding hydrogens is 613 g/mol. The topological polar surface area (TPSA) is 169 Å². The van der Waals surface area contributed by atoms with E-state index >= 15 is 0 Å². The van der Waals surface area contributed by atoms with Gasteiger partial charge in [0.15, 0.2) is 6.04 Å². The van der Waals surface area contributed by atoms with E-state index in [0.29, 0.717) is 12.8 Å². The van der Waals surface area contributed by atoms with Crippen LogP contribution < -0.4 is 5.32 Å². The molecule has 0 radical (unpaired) electrons. The average molecular weight is 676 g/mol. The number of aliphatic hydroxyl groups is 1. The molecule has 3 atom stereocenters. The fourth-order valence-corrected chi connectivity index (χ4v) is 5.23. The Morgan fingerprint density at radius 1 is 0.696 bits per heavy atom. The number of carboxylic acid groups (broad SMARTS) is 1. The lowest BCUT2D eigenvalue weighted by atomic mass is 10.1. The van der Waals surface area contributed by atoms with E-state index in [9.17, 15) is 34.1 Å². The number of ether oxygens (including phenoxy) is 1.